The Morgan fingerprint density at radius 1 is 1.15 bits per heavy atom. The predicted octanol–water partition coefficient (Wildman–Crippen LogP) is 4.41. The first kappa shape index (κ1) is 17.5. The van der Waals surface area contributed by atoms with Crippen molar-refractivity contribution in [3.05, 3.63) is 76.5 Å². The van der Waals surface area contributed by atoms with Gasteiger partial charge in [-0.25, -0.2) is 0 Å². The summed E-state index contributed by atoms with van der Waals surface area (Å²) in [6.45, 7) is 3.95. The number of hydrogen-bond acceptors (Lipinski definition) is 4. The molecule has 1 aromatic heterocycles. The molecule has 27 heavy (non-hydrogen) atoms. The fourth-order valence-corrected chi connectivity index (χ4v) is 3.51. The number of halogens is 1. The fraction of sp³-hybridized carbons (Fsp3) is 0.143. The highest BCUT2D eigenvalue weighted by Crippen LogP contribution is 2.30. The summed E-state index contributed by atoms with van der Waals surface area (Å²) in [6.07, 6.45) is 0.465. The van der Waals surface area contributed by atoms with E-state index in [1.165, 1.54) is 4.90 Å². The van der Waals surface area contributed by atoms with Crippen molar-refractivity contribution in [3.63, 3.8) is 0 Å². The zero-order valence-electron chi connectivity index (χ0n) is 14.4. The van der Waals surface area contributed by atoms with E-state index in [1.54, 1.807) is 12.1 Å². The van der Waals surface area contributed by atoms with Gasteiger partial charge in [0.2, 0.25) is 0 Å². The van der Waals surface area contributed by atoms with Gasteiger partial charge in [-0.05, 0) is 30.3 Å². The van der Waals surface area contributed by atoms with Crippen LogP contribution in [-0.2, 0) is 16.0 Å². The highest BCUT2D eigenvalue weighted by molar-refractivity contribution is 9.10. The molecule has 136 valence electrons. The molecule has 4 rings (SSSR count). The molecule has 0 atom stereocenters. The lowest BCUT2D eigenvalue weighted by molar-refractivity contribution is -0.143. The lowest BCUT2D eigenvalue weighted by Crippen LogP contribution is -2.30. The Bertz CT molecular complexity index is 1030. The summed E-state index contributed by atoms with van der Waals surface area (Å²) in [7, 11) is 0. The van der Waals surface area contributed by atoms with Crippen LogP contribution in [0.1, 0.15) is 21.7 Å². The molecule has 0 saturated heterocycles. The summed E-state index contributed by atoms with van der Waals surface area (Å²) in [5.74, 6) is 0.0385. The maximum absolute atomic E-state index is 12.4. The molecule has 0 unspecified atom stereocenters. The van der Waals surface area contributed by atoms with Crippen molar-refractivity contribution < 1.29 is 18.7 Å². The number of furan rings is 1. The van der Waals surface area contributed by atoms with Gasteiger partial charge < -0.3 is 9.15 Å². The predicted molar refractivity (Wildman–Crippen MR) is 105 cm³/mol. The number of ether oxygens (including phenoxy) is 1. The molecule has 1 amide bonds. The highest BCUT2D eigenvalue weighted by Gasteiger charge is 2.32. The zero-order valence-corrected chi connectivity index (χ0v) is 16.0. The lowest BCUT2D eigenvalue weighted by atomic mass is 10.1. The molecule has 5 nitrogen and oxygen atoms in total. The minimum absolute atomic E-state index is 0.153. The van der Waals surface area contributed by atoms with Crippen molar-refractivity contribution in [2.24, 2.45) is 0 Å². The number of nitrogens with zero attached hydrogens (tertiary/aromatic N) is 1. The van der Waals surface area contributed by atoms with Gasteiger partial charge in [0.15, 0.2) is 0 Å². The lowest BCUT2D eigenvalue weighted by Gasteiger charge is -2.16. The van der Waals surface area contributed by atoms with Gasteiger partial charge >= 0.3 is 5.97 Å². The van der Waals surface area contributed by atoms with Crippen molar-refractivity contribution in [2.75, 3.05) is 13.2 Å². The minimum atomic E-state index is -0.476. The van der Waals surface area contributed by atoms with Gasteiger partial charge in [-0.3, -0.25) is 14.5 Å². The SMILES string of the molecule is C=C1c2ccccc2C(=O)N1CC(=O)OCCc1cc2cc(Br)ccc2o1. The van der Waals surface area contributed by atoms with Crippen molar-refractivity contribution in [1.82, 2.24) is 4.90 Å². The summed E-state index contributed by atoms with van der Waals surface area (Å²) < 4.78 is 12.0. The third-order valence-electron chi connectivity index (χ3n) is 4.47. The third kappa shape index (κ3) is 3.40. The van der Waals surface area contributed by atoms with Crippen molar-refractivity contribution in [1.29, 1.82) is 0 Å². The highest BCUT2D eigenvalue weighted by atomic mass is 79.9. The Balaban J connectivity index is 1.33. The normalized spacial score (nSPS) is 13.3. The number of carbonyl (C=O) groups is 2. The summed E-state index contributed by atoms with van der Waals surface area (Å²) in [6, 6.07) is 14.9. The number of rotatable bonds is 5. The Hall–Kier alpha value is -2.86. The van der Waals surface area contributed by atoms with Gasteiger partial charge in [-0.1, -0.05) is 40.7 Å². The number of esters is 1. The van der Waals surface area contributed by atoms with Crippen LogP contribution in [0.25, 0.3) is 16.7 Å². The van der Waals surface area contributed by atoms with Gasteiger partial charge in [-0.2, -0.15) is 0 Å². The average molecular weight is 426 g/mol. The third-order valence-corrected chi connectivity index (χ3v) is 4.96. The van der Waals surface area contributed by atoms with Gasteiger partial charge in [0.05, 0.1) is 6.61 Å². The van der Waals surface area contributed by atoms with E-state index in [0.29, 0.717) is 17.7 Å². The summed E-state index contributed by atoms with van der Waals surface area (Å²) in [5.41, 5.74) is 2.62. The van der Waals surface area contributed by atoms with E-state index in [2.05, 4.69) is 22.5 Å². The van der Waals surface area contributed by atoms with Gasteiger partial charge in [0.1, 0.15) is 17.9 Å². The average Bonchev–Trinajstić information content (AvgIpc) is 3.16. The molecular weight excluding hydrogens is 410 g/mol. The van der Waals surface area contributed by atoms with E-state index in [0.717, 1.165) is 26.8 Å². The van der Waals surface area contributed by atoms with Crippen molar-refractivity contribution >= 4 is 44.5 Å². The molecule has 2 aromatic carbocycles. The number of benzene rings is 2. The first-order valence-corrected chi connectivity index (χ1v) is 9.26. The maximum atomic E-state index is 12.4. The smallest absolute Gasteiger partial charge is 0.326 e. The molecule has 0 spiro atoms. The number of carbonyl (C=O) groups excluding carboxylic acids is 2. The number of hydrogen-bond donors (Lipinski definition) is 0. The van der Waals surface area contributed by atoms with Gasteiger partial charge in [0, 0.05) is 33.1 Å². The Labute approximate surface area is 164 Å². The molecule has 0 N–H and O–H groups in total. The van der Waals surface area contributed by atoms with E-state index >= 15 is 0 Å². The molecule has 1 aliphatic rings. The van der Waals surface area contributed by atoms with E-state index < -0.39 is 5.97 Å². The molecule has 3 aromatic rings. The molecule has 0 aliphatic carbocycles. The van der Waals surface area contributed by atoms with Crippen LogP contribution in [0.15, 0.2) is 64.0 Å². The Kier molecular flexibility index (Phi) is 4.58. The van der Waals surface area contributed by atoms with Crippen LogP contribution in [0, 0.1) is 0 Å². The molecule has 1 aliphatic heterocycles. The van der Waals surface area contributed by atoms with Crippen LogP contribution in [0.5, 0.6) is 0 Å². The topological polar surface area (TPSA) is 59.8 Å². The monoisotopic (exact) mass is 425 g/mol. The van der Waals surface area contributed by atoms with Crippen molar-refractivity contribution in [2.45, 2.75) is 6.42 Å². The summed E-state index contributed by atoms with van der Waals surface area (Å²) in [5, 5.41) is 0.988. The van der Waals surface area contributed by atoms with Crippen molar-refractivity contribution in [3.8, 4) is 0 Å². The Morgan fingerprint density at radius 3 is 2.70 bits per heavy atom. The van der Waals surface area contributed by atoms with Gasteiger partial charge in [-0.15, -0.1) is 0 Å². The first-order chi connectivity index (χ1) is 13.0. The number of amides is 1. The second kappa shape index (κ2) is 7.04. The van der Waals surface area contributed by atoms with E-state index in [-0.39, 0.29) is 19.1 Å². The molecule has 0 radical (unpaired) electrons. The van der Waals surface area contributed by atoms with Gasteiger partial charge in [0.25, 0.3) is 5.91 Å². The van der Waals surface area contributed by atoms with E-state index in [9.17, 15) is 9.59 Å². The number of fused-ring (bicyclic) bond motifs is 2. The quantitative estimate of drug-likeness (QED) is 0.568. The second-order valence-corrected chi connectivity index (χ2v) is 7.16. The Morgan fingerprint density at radius 2 is 1.93 bits per heavy atom. The zero-order chi connectivity index (χ0) is 19.0. The molecule has 0 fully saturated rings. The van der Waals surface area contributed by atoms with E-state index in [1.807, 2.05) is 36.4 Å². The fourth-order valence-electron chi connectivity index (χ4n) is 3.13. The van der Waals surface area contributed by atoms with Crippen LogP contribution < -0.4 is 0 Å². The standard InChI is InChI=1S/C21H16BrNO4/c1-13-17-4-2-3-5-18(17)21(25)23(13)12-20(24)26-9-8-16-11-14-10-15(22)6-7-19(14)27-16/h2-7,10-11H,1,8-9,12H2. The molecule has 0 bridgehead atoms. The van der Waals surface area contributed by atoms with Crippen LogP contribution in [0.4, 0.5) is 0 Å². The first-order valence-electron chi connectivity index (χ1n) is 8.47. The van der Waals surface area contributed by atoms with E-state index in [4.69, 9.17) is 9.15 Å². The summed E-state index contributed by atoms with van der Waals surface area (Å²) >= 11 is 3.43. The van der Waals surface area contributed by atoms with Crippen LogP contribution in [0.2, 0.25) is 0 Å². The maximum Gasteiger partial charge on any atom is 0.326 e. The largest absolute Gasteiger partial charge is 0.464 e. The molecule has 2 heterocycles. The molecular formula is C21H16BrNO4. The minimum Gasteiger partial charge on any atom is -0.464 e. The van der Waals surface area contributed by atoms with Crippen LogP contribution in [0.3, 0.4) is 0 Å². The summed E-state index contributed by atoms with van der Waals surface area (Å²) in [4.78, 5) is 25.9. The van der Waals surface area contributed by atoms with Crippen LogP contribution in [-0.4, -0.2) is 29.9 Å². The molecule has 6 heteroatoms. The second-order valence-electron chi connectivity index (χ2n) is 6.25. The molecule has 0 saturated carbocycles. The van der Waals surface area contributed by atoms with Crippen LogP contribution >= 0.6 is 15.9 Å².